The van der Waals surface area contributed by atoms with Crippen LogP contribution in [0.5, 0.6) is 11.6 Å². The molecule has 0 aliphatic carbocycles. The number of fused-ring (bicyclic) bond motifs is 2. The Hall–Kier alpha value is -4.28. The number of methoxy groups -OCH3 is 2. The van der Waals surface area contributed by atoms with Crippen molar-refractivity contribution < 1.29 is 23.8 Å². The predicted octanol–water partition coefficient (Wildman–Crippen LogP) is 3.33. The first-order chi connectivity index (χ1) is 17.8. The van der Waals surface area contributed by atoms with Crippen LogP contribution < -0.4 is 15.2 Å². The van der Waals surface area contributed by atoms with Crippen LogP contribution in [-0.2, 0) is 18.3 Å². The van der Waals surface area contributed by atoms with Crippen molar-refractivity contribution in [3.63, 3.8) is 0 Å². The zero-order valence-electron chi connectivity index (χ0n) is 21.4. The number of amides is 2. The molecule has 1 unspecified atom stereocenters. The van der Waals surface area contributed by atoms with Crippen LogP contribution in [0.25, 0.3) is 33.6 Å². The van der Waals surface area contributed by atoms with E-state index >= 15 is 0 Å². The first-order valence-corrected chi connectivity index (χ1v) is 12.2. The van der Waals surface area contributed by atoms with Gasteiger partial charge in [-0.3, -0.25) is 4.79 Å². The summed E-state index contributed by atoms with van der Waals surface area (Å²) in [5.74, 6) is 1.64. The Kier molecular flexibility index (Phi) is 6.36. The number of hydrogen-bond donors (Lipinski definition) is 1. The molecule has 0 saturated carbocycles. The first kappa shape index (κ1) is 24.4. The number of aryl methyl sites for hydroxylation is 2. The number of likely N-dealkylation sites (tertiary alicyclic amines) is 1. The molecule has 194 valence electrons. The number of primary amides is 1. The maximum absolute atomic E-state index is 13.4. The van der Waals surface area contributed by atoms with Gasteiger partial charge in [-0.05, 0) is 44.0 Å². The van der Waals surface area contributed by atoms with Crippen molar-refractivity contribution in [2.75, 3.05) is 27.3 Å². The number of nitrogens with two attached hydrogens (primary N) is 1. The summed E-state index contributed by atoms with van der Waals surface area (Å²) in [5, 5.41) is 0.977. The van der Waals surface area contributed by atoms with Gasteiger partial charge in [0.25, 0.3) is 5.91 Å². The van der Waals surface area contributed by atoms with Crippen LogP contribution in [0, 0.1) is 0 Å². The van der Waals surface area contributed by atoms with Crippen molar-refractivity contribution >= 4 is 34.1 Å². The van der Waals surface area contributed by atoms with E-state index in [4.69, 9.17) is 24.9 Å². The summed E-state index contributed by atoms with van der Waals surface area (Å²) in [4.78, 5) is 35.8. The second-order valence-corrected chi connectivity index (χ2v) is 9.03. The van der Waals surface area contributed by atoms with Crippen LogP contribution in [-0.4, -0.2) is 69.4 Å². The lowest BCUT2D eigenvalue weighted by Gasteiger charge is -2.32. The number of aromatic nitrogens is 4. The van der Waals surface area contributed by atoms with Gasteiger partial charge >= 0.3 is 6.09 Å². The minimum absolute atomic E-state index is 0.177. The summed E-state index contributed by atoms with van der Waals surface area (Å²) in [5.41, 5.74) is 8.76. The van der Waals surface area contributed by atoms with Gasteiger partial charge in [-0.25, -0.2) is 9.78 Å². The molecule has 3 aromatic heterocycles. The van der Waals surface area contributed by atoms with Crippen molar-refractivity contribution in [3.05, 3.63) is 35.9 Å². The number of nitrogens with zero attached hydrogens (tertiary/aromatic N) is 5. The number of piperidine rings is 1. The van der Waals surface area contributed by atoms with E-state index < -0.39 is 12.2 Å². The quantitative estimate of drug-likeness (QED) is 0.425. The summed E-state index contributed by atoms with van der Waals surface area (Å²) in [6.45, 7) is 3.60. The van der Waals surface area contributed by atoms with E-state index in [-0.39, 0.29) is 5.91 Å². The molecule has 0 radical (unpaired) electrons. The van der Waals surface area contributed by atoms with E-state index in [0.717, 1.165) is 34.5 Å². The molecule has 4 aromatic rings. The molecule has 5 rings (SSSR count). The van der Waals surface area contributed by atoms with Crippen molar-refractivity contribution in [2.45, 2.75) is 32.4 Å². The SMILES string of the molecule is CCn1c(-c2nc3cc(C(=O)N4CCCC(OC(N)=O)C4)cc(OC)c3n2C)cc2ccc(OC)nc21. The molecule has 1 fully saturated rings. The number of hydrogen-bond acceptors (Lipinski definition) is 7. The van der Waals surface area contributed by atoms with Crippen LogP contribution >= 0.6 is 0 Å². The topological polar surface area (TPSA) is 127 Å². The average molecular weight is 507 g/mol. The van der Waals surface area contributed by atoms with Crippen LogP contribution in [0.1, 0.15) is 30.1 Å². The minimum Gasteiger partial charge on any atom is -0.494 e. The van der Waals surface area contributed by atoms with E-state index in [1.165, 1.54) is 0 Å². The zero-order chi connectivity index (χ0) is 26.3. The number of imidazole rings is 1. The predicted molar refractivity (Wildman–Crippen MR) is 138 cm³/mol. The third kappa shape index (κ3) is 4.30. The molecule has 2 amide bonds. The van der Waals surface area contributed by atoms with Crippen molar-refractivity contribution in [1.82, 2.24) is 24.0 Å². The number of pyridine rings is 1. The lowest BCUT2D eigenvalue weighted by Crippen LogP contribution is -2.44. The summed E-state index contributed by atoms with van der Waals surface area (Å²) in [6, 6.07) is 9.38. The molecule has 1 saturated heterocycles. The van der Waals surface area contributed by atoms with Gasteiger partial charge in [-0.15, -0.1) is 0 Å². The molecular weight excluding hydrogens is 476 g/mol. The second-order valence-electron chi connectivity index (χ2n) is 9.03. The average Bonchev–Trinajstić information content (AvgIpc) is 3.43. The van der Waals surface area contributed by atoms with Gasteiger partial charge in [0.2, 0.25) is 5.88 Å². The summed E-state index contributed by atoms with van der Waals surface area (Å²) in [6.07, 6.45) is 0.147. The van der Waals surface area contributed by atoms with Gasteiger partial charge < -0.3 is 34.0 Å². The highest BCUT2D eigenvalue weighted by Gasteiger charge is 2.28. The standard InChI is InChI=1S/C26H30N6O5/c1-5-32-19(12-15-8-9-21(36-4)29-23(15)32)24-28-18-11-16(13-20(35-3)22(18)30(24)2)25(33)31-10-6-7-17(14-31)37-26(27)34/h8-9,11-13,17H,5-7,10,14H2,1-4H3,(H2,27,34). The molecule has 1 aliphatic rings. The molecule has 0 spiro atoms. The van der Waals surface area contributed by atoms with Crippen LogP contribution in [0.3, 0.4) is 0 Å². The number of benzene rings is 1. The second kappa shape index (κ2) is 9.64. The van der Waals surface area contributed by atoms with Crippen molar-refractivity contribution in [1.29, 1.82) is 0 Å². The van der Waals surface area contributed by atoms with E-state index in [2.05, 4.69) is 22.5 Å². The van der Waals surface area contributed by atoms with Gasteiger partial charge in [0.1, 0.15) is 23.0 Å². The summed E-state index contributed by atoms with van der Waals surface area (Å²) >= 11 is 0. The van der Waals surface area contributed by atoms with E-state index in [0.29, 0.717) is 48.8 Å². The lowest BCUT2D eigenvalue weighted by atomic mass is 10.1. The molecule has 11 heteroatoms. The van der Waals surface area contributed by atoms with Crippen LogP contribution in [0.15, 0.2) is 30.3 Å². The zero-order valence-corrected chi connectivity index (χ0v) is 21.4. The molecule has 1 atom stereocenters. The molecule has 1 aromatic carbocycles. The van der Waals surface area contributed by atoms with Gasteiger partial charge in [0.05, 0.1) is 32.0 Å². The van der Waals surface area contributed by atoms with Crippen molar-refractivity contribution in [2.24, 2.45) is 12.8 Å². The number of ether oxygens (including phenoxy) is 3. The van der Waals surface area contributed by atoms with E-state index in [9.17, 15) is 9.59 Å². The van der Waals surface area contributed by atoms with Crippen molar-refractivity contribution in [3.8, 4) is 23.1 Å². The highest BCUT2D eigenvalue weighted by Crippen LogP contribution is 2.34. The number of carbonyl (C=O) groups excluding carboxylic acids is 2. The fourth-order valence-electron chi connectivity index (χ4n) is 5.11. The maximum atomic E-state index is 13.4. The van der Waals surface area contributed by atoms with Gasteiger partial charge in [0.15, 0.2) is 5.82 Å². The van der Waals surface area contributed by atoms with Gasteiger partial charge in [-0.1, -0.05) is 0 Å². The van der Waals surface area contributed by atoms with E-state index in [1.807, 2.05) is 23.7 Å². The van der Waals surface area contributed by atoms with Gasteiger partial charge in [0, 0.05) is 37.2 Å². The normalized spacial score (nSPS) is 15.8. The molecule has 4 heterocycles. The Morgan fingerprint density at radius 1 is 1.14 bits per heavy atom. The monoisotopic (exact) mass is 506 g/mol. The third-order valence-corrected chi connectivity index (χ3v) is 6.82. The summed E-state index contributed by atoms with van der Waals surface area (Å²) < 4.78 is 20.2. The number of carbonyl (C=O) groups is 2. The largest absolute Gasteiger partial charge is 0.494 e. The fraction of sp³-hybridized carbons (Fsp3) is 0.385. The Balaban J connectivity index is 1.57. The highest BCUT2D eigenvalue weighted by molar-refractivity contribution is 6.00. The number of rotatable bonds is 6. The third-order valence-electron chi connectivity index (χ3n) is 6.82. The first-order valence-electron chi connectivity index (χ1n) is 12.2. The fourth-order valence-corrected chi connectivity index (χ4v) is 5.11. The smallest absolute Gasteiger partial charge is 0.404 e. The van der Waals surface area contributed by atoms with Gasteiger partial charge in [-0.2, -0.15) is 4.98 Å². The molecule has 1 aliphatic heterocycles. The molecular formula is C26H30N6O5. The summed E-state index contributed by atoms with van der Waals surface area (Å²) in [7, 11) is 5.10. The Morgan fingerprint density at radius 2 is 1.95 bits per heavy atom. The highest BCUT2D eigenvalue weighted by atomic mass is 16.6. The van der Waals surface area contributed by atoms with Crippen LogP contribution in [0.2, 0.25) is 0 Å². The Labute approximate surface area is 213 Å². The lowest BCUT2D eigenvalue weighted by molar-refractivity contribution is 0.0373. The van der Waals surface area contributed by atoms with Crippen LogP contribution in [0.4, 0.5) is 4.79 Å². The maximum Gasteiger partial charge on any atom is 0.404 e. The molecule has 0 bridgehead atoms. The molecule has 2 N–H and O–H groups in total. The Bertz CT molecular complexity index is 1510. The van der Waals surface area contributed by atoms with E-state index in [1.54, 1.807) is 31.3 Å². The Morgan fingerprint density at radius 3 is 2.65 bits per heavy atom. The molecule has 37 heavy (non-hydrogen) atoms. The molecule has 11 nitrogen and oxygen atoms in total. The minimum atomic E-state index is -0.832.